The van der Waals surface area contributed by atoms with E-state index >= 15 is 0 Å². The maximum atomic E-state index is 13.1. The van der Waals surface area contributed by atoms with Crippen LogP contribution in [0, 0.1) is 0 Å². The van der Waals surface area contributed by atoms with Crippen molar-refractivity contribution in [3.05, 3.63) is 93.3 Å². The van der Waals surface area contributed by atoms with Gasteiger partial charge in [0.15, 0.2) is 0 Å². The molecule has 0 bridgehead atoms. The Kier molecular flexibility index (Phi) is 4.66. The average molecular weight is 430 g/mol. The second-order valence-electron chi connectivity index (χ2n) is 5.92. The van der Waals surface area contributed by atoms with Gasteiger partial charge in [-0.05, 0) is 42.0 Å². The molecule has 1 atom stereocenters. The fraction of sp³-hybridized carbons (Fsp3) is 0.100. The van der Waals surface area contributed by atoms with Crippen molar-refractivity contribution in [3.63, 3.8) is 0 Å². The topological polar surface area (TPSA) is 45.8 Å². The summed E-state index contributed by atoms with van der Waals surface area (Å²) in [5.41, 5.74) is 2.23. The molecule has 1 aliphatic heterocycles. The molecule has 4 rings (SSSR count). The lowest BCUT2D eigenvalue weighted by atomic mass is 10.0. The Morgan fingerprint density at radius 1 is 1.12 bits per heavy atom. The third kappa shape index (κ3) is 3.20. The van der Waals surface area contributed by atoms with Crippen molar-refractivity contribution < 1.29 is 9.21 Å². The van der Waals surface area contributed by atoms with Crippen LogP contribution in [0.15, 0.2) is 80.9 Å². The Hall–Kier alpha value is -2.37. The van der Waals surface area contributed by atoms with Crippen molar-refractivity contribution in [3.8, 4) is 0 Å². The predicted octanol–water partition coefficient (Wildman–Crippen LogP) is 5.69. The minimum atomic E-state index is -0.299. The molecule has 1 aliphatic rings. The summed E-state index contributed by atoms with van der Waals surface area (Å²) in [5, 5.41) is 6.48. The van der Waals surface area contributed by atoms with E-state index < -0.39 is 0 Å². The van der Waals surface area contributed by atoms with Crippen LogP contribution >= 0.6 is 27.5 Å². The molecule has 4 nitrogen and oxygen atoms in total. The summed E-state index contributed by atoms with van der Waals surface area (Å²) >= 11 is 9.65. The Morgan fingerprint density at radius 3 is 2.58 bits per heavy atom. The number of amides is 1. The smallest absolute Gasteiger partial charge is 0.276 e. The highest BCUT2D eigenvalue weighted by Gasteiger charge is 2.35. The molecule has 0 aliphatic carbocycles. The monoisotopic (exact) mass is 428 g/mol. The number of furan rings is 1. The molecular formula is C20H14BrClN2O2. The van der Waals surface area contributed by atoms with E-state index in [1.807, 2.05) is 36.4 Å². The standard InChI is InChI=1S/C20H14BrClN2O2/c21-14-9-7-13(8-10-14)17-12-18(19-6-3-11-26-19)24(23-17)20(25)15-4-1-2-5-16(15)22/h1-11,18H,12H2. The van der Waals surface area contributed by atoms with E-state index in [2.05, 4.69) is 21.0 Å². The lowest BCUT2D eigenvalue weighted by Gasteiger charge is -2.20. The molecule has 130 valence electrons. The first-order valence-electron chi connectivity index (χ1n) is 8.08. The molecule has 0 saturated heterocycles. The lowest BCUT2D eigenvalue weighted by Crippen LogP contribution is -2.27. The Labute approximate surface area is 164 Å². The van der Waals surface area contributed by atoms with Crippen LogP contribution in [-0.4, -0.2) is 16.6 Å². The Morgan fingerprint density at radius 2 is 1.88 bits per heavy atom. The van der Waals surface area contributed by atoms with Crippen molar-refractivity contribution in [2.75, 3.05) is 0 Å². The molecule has 3 aromatic rings. The van der Waals surface area contributed by atoms with Crippen LogP contribution in [0.3, 0.4) is 0 Å². The van der Waals surface area contributed by atoms with Gasteiger partial charge in [0, 0.05) is 10.9 Å². The zero-order chi connectivity index (χ0) is 18.1. The molecule has 0 N–H and O–H groups in total. The van der Waals surface area contributed by atoms with Gasteiger partial charge in [-0.25, -0.2) is 5.01 Å². The first kappa shape index (κ1) is 17.1. The molecule has 0 fully saturated rings. The minimum Gasteiger partial charge on any atom is -0.467 e. The van der Waals surface area contributed by atoms with Crippen LogP contribution in [0.5, 0.6) is 0 Å². The Bertz CT molecular complexity index is 968. The SMILES string of the molecule is O=C(c1ccccc1Cl)N1N=C(c2ccc(Br)cc2)CC1c1ccco1. The summed E-state index contributed by atoms with van der Waals surface area (Å²) in [6.45, 7) is 0. The number of hydrogen-bond acceptors (Lipinski definition) is 3. The molecule has 1 amide bonds. The summed E-state index contributed by atoms with van der Waals surface area (Å²) in [4.78, 5) is 13.1. The maximum absolute atomic E-state index is 13.1. The number of nitrogens with zero attached hydrogens (tertiary/aromatic N) is 2. The Balaban J connectivity index is 1.73. The van der Waals surface area contributed by atoms with Crippen molar-refractivity contribution in [2.24, 2.45) is 5.10 Å². The van der Waals surface area contributed by atoms with Crippen LogP contribution in [0.4, 0.5) is 0 Å². The first-order valence-corrected chi connectivity index (χ1v) is 9.25. The van der Waals surface area contributed by atoms with E-state index in [1.165, 1.54) is 5.01 Å². The average Bonchev–Trinajstić information content (AvgIpc) is 3.32. The minimum absolute atomic E-state index is 0.246. The third-order valence-corrected chi connectivity index (χ3v) is 5.13. The molecule has 2 aromatic carbocycles. The van der Waals surface area contributed by atoms with Gasteiger partial charge in [0.25, 0.3) is 5.91 Å². The fourth-order valence-electron chi connectivity index (χ4n) is 2.98. The third-order valence-electron chi connectivity index (χ3n) is 4.27. The molecule has 2 heterocycles. The van der Waals surface area contributed by atoms with Crippen LogP contribution in [0.2, 0.25) is 5.02 Å². The number of benzene rings is 2. The van der Waals surface area contributed by atoms with E-state index in [4.69, 9.17) is 16.0 Å². The molecule has 0 saturated carbocycles. The van der Waals surface area contributed by atoms with Crippen molar-refractivity contribution in [2.45, 2.75) is 12.5 Å². The number of carbonyl (C=O) groups excluding carboxylic acids is 1. The van der Waals surface area contributed by atoms with Gasteiger partial charge in [-0.2, -0.15) is 5.10 Å². The van der Waals surface area contributed by atoms with Crippen LogP contribution in [0.25, 0.3) is 0 Å². The van der Waals surface area contributed by atoms with Crippen molar-refractivity contribution in [1.82, 2.24) is 5.01 Å². The van der Waals surface area contributed by atoms with Crippen molar-refractivity contribution >= 4 is 39.1 Å². The summed E-state index contributed by atoms with van der Waals surface area (Å²) in [6.07, 6.45) is 2.18. The highest BCUT2D eigenvalue weighted by atomic mass is 79.9. The summed E-state index contributed by atoms with van der Waals surface area (Å²) in [5.74, 6) is 0.449. The second kappa shape index (κ2) is 7.09. The molecule has 1 unspecified atom stereocenters. The van der Waals surface area contributed by atoms with Crippen LogP contribution in [0.1, 0.15) is 34.1 Å². The second-order valence-corrected chi connectivity index (χ2v) is 7.24. The predicted molar refractivity (Wildman–Crippen MR) is 104 cm³/mol. The normalized spacial score (nSPS) is 16.6. The van der Waals surface area contributed by atoms with Gasteiger partial charge in [0.05, 0.1) is 22.6 Å². The van der Waals surface area contributed by atoms with Crippen LogP contribution in [-0.2, 0) is 0 Å². The van der Waals surface area contributed by atoms with Crippen molar-refractivity contribution in [1.29, 1.82) is 0 Å². The quantitative estimate of drug-likeness (QED) is 0.537. The maximum Gasteiger partial charge on any atom is 0.276 e. The van der Waals surface area contributed by atoms with Gasteiger partial charge in [-0.15, -0.1) is 0 Å². The number of hydrogen-bond donors (Lipinski definition) is 0. The zero-order valence-corrected chi connectivity index (χ0v) is 15.9. The molecule has 1 aromatic heterocycles. The molecular weight excluding hydrogens is 416 g/mol. The van der Waals surface area contributed by atoms with Gasteiger partial charge in [-0.3, -0.25) is 4.79 Å². The largest absolute Gasteiger partial charge is 0.467 e. The fourth-order valence-corrected chi connectivity index (χ4v) is 3.46. The van der Waals surface area contributed by atoms with Gasteiger partial charge < -0.3 is 4.42 Å². The number of hydrazone groups is 1. The highest BCUT2D eigenvalue weighted by molar-refractivity contribution is 9.10. The van der Waals surface area contributed by atoms with E-state index in [1.54, 1.807) is 30.5 Å². The number of halogens is 2. The summed E-state index contributed by atoms with van der Waals surface area (Å²) < 4.78 is 6.55. The first-order chi connectivity index (χ1) is 12.6. The van der Waals surface area contributed by atoms with E-state index in [0.717, 1.165) is 15.7 Å². The lowest BCUT2D eigenvalue weighted by molar-refractivity contribution is 0.0693. The summed E-state index contributed by atoms with van der Waals surface area (Å²) in [7, 11) is 0. The van der Waals surface area contributed by atoms with Gasteiger partial charge >= 0.3 is 0 Å². The van der Waals surface area contributed by atoms with Gasteiger partial charge in [0.1, 0.15) is 11.8 Å². The van der Waals surface area contributed by atoms with Gasteiger partial charge in [-0.1, -0.05) is 51.8 Å². The zero-order valence-electron chi connectivity index (χ0n) is 13.6. The van der Waals surface area contributed by atoms with Crippen LogP contribution < -0.4 is 0 Å². The van der Waals surface area contributed by atoms with E-state index in [9.17, 15) is 4.79 Å². The van der Waals surface area contributed by atoms with Gasteiger partial charge in [0.2, 0.25) is 0 Å². The molecule has 26 heavy (non-hydrogen) atoms. The highest BCUT2D eigenvalue weighted by Crippen LogP contribution is 2.35. The molecule has 6 heteroatoms. The molecule has 0 spiro atoms. The van der Waals surface area contributed by atoms with E-state index in [-0.39, 0.29) is 11.9 Å². The number of rotatable bonds is 3. The summed E-state index contributed by atoms with van der Waals surface area (Å²) in [6, 6.07) is 18.2. The van der Waals surface area contributed by atoms with E-state index in [0.29, 0.717) is 22.8 Å². The number of carbonyl (C=O) groups is 1. The molecule has 0 radical (unpaired) electrons.